The van der Waals surface area contributed by atoms with Gasteiger partial charge in [-0.15, -0.1) is 0 Å². The highest BCUT2D eigenvalue weighted by Gasteiger charge is 2.19. The van der Waals surface area contributed by atoms with Crippen molar-refractivity contribution < 1.29 is 4.79 Å². The summed E-state index contributed by atoms with van der Waals surface area (Å²) in [5.74, 6) is 0.118. The van der Waals surface area contributed by atoms with Gasteiger partial charge in [0.1, 0.15) is 12.0 Å². The topological polar surface area (TPSA) is 72.2 Å². The first-order chi connectivity index (χ1) is 13.9. The summed E-state index contributed by atoms with van der Waals surface area (Å²) in [6.07, 6.45) is 1.39. The lowest BCUT2D eigenvalue weighted by molar-refractivity contribution is 0.0932. The van der Waals surface area contributed by atoms with Gasteiger partial charge in [0, 0.05) is 10.6 Å². The van der Waals surface area contributed by atoms with E-state index in [1.807, 2.05) is 38.1 Å². The first-order valence-electron chi connectivity index (χ1n) is 9.27. The van der Waals surface area contributed by atoms with Crippen LogP contribution in [0.25, 0.3) is 17.0 Å². The molecule has 0 fully saturated rings. The van der Waals surface area contributed by atoms with E-state index in [-0.39, 0.29) is 11.9 Å². The van der Waals surface area contributed by atoms with Gasteiger partial charge < -0.3 is 5.32 Å². The van der Waals surface area contributed by atoms with Crippen LogP contribution in [-0.4, -0.2) is 25.5 Å². The second kappa shape index (κ2) is 7.64. The van der Waals surface area contributed by atoms with Crippen LogP contribution in [0, 0.1) is 13.8 Å². The fourth-order valence-corrected chi connectivity index (χ4v) is 3.53. The number of fused-ring (bicyclic) bond motifs is 1. The van der Waals surface area contributed by atoms with Crippen LogP contribution in [0.5, 0.6) is 0 Å². The third-order valence-electron chi connectivity index (χ3n) is 4.86. The molecule has 2 aromatic carbocycles. The highest BCUT2D eigenvalue weighted by atomic mass is 35.5. The summed E-state index contributed by atoms with van der Waals surface area (Å²) in [6, 6.07) is 15.1. The number of hydrogen-bond donors (Lipinski definition) is 1. The zero-order chi connectivity index (χ0) is 20.5. The van der Waals surface area contributed by atoms with Crippen LogP contribution in [0.3, 0.4) is 0 Å². The first kappa shape index (κ1) is 19.1. The summed E-state index contributed by atoms with van der Waals surface area (Å²) in [6.45, 7) is 6.07. The molecule has 0 spiro atoms. The molecule has 4 aromatic rings. The van der Waals surface area contributed by atoms with Crippen molar-refractivity contribution in [3.63, 3.8) is 0 Å². The molecule has 0 aliphatic carbocycles. The molecule has 4 rings (SSSR count). The van der Waals surface area contributed by atoms with Gasteiger partial charge in [0.25, 0.3) is 11.7 Å². The van der Waals surface area contributed by atoms with Crippen molar-refractivity contribution >= 4 is 23.3 Å². The summed E-state index contributed by atoms with van der Waals surface area (Å²) >= 11 is 5.99. The summed E-state index contributed by atoms with van der Waals surface area (Å²) in [5.41, 5.74) is 5.25. The average Bonchev–Trinajstić information content (AvgIpc) is 3.16. The van der Waals surface area contributed by atoms with Gasteiger partial charge in [-0.05, 0) is 50.1 Å². The van der Waals surface area contributed by atoms with Gasteiger partial charge in [-0.25, -0.2) is 4.98 Å². The van der Waals surface area contributed by atoms with E-state index in [0.717, 1.165) is 16.7 Å². The molecule has 0 aliphatic rings. The Morgan fingerprint density at radius 3 is 2.59 bits per heavy atom. The fourth-order valence-electron chi connectivity index (χ4n) is 3.40. The van der Waals surface area contributed by atoms with Gasteiger partial charge in [0.2, 0.25) is 0 Å². The Bertz CT molecular complexity index is 1200. The van der Waals surface area contributed by atoms with Crippen LogP contribution < -0.4 is 5.32 Å². The molecule has 29 heavy (non-hydrogen) atoms. The molecule has 0 aliphatic heterocycles. The number of aromatic nitrogens is 4. The summed E-state index contributed by atoms with van der Waals surface area (Å²) in [5, 5.41) is 7.86. The second-order valence-corrected chi connectivity index (χ2v) is 7.50. The van der Waals surface area contributed by atoms with E-state index in [9.17, 15) is 4.79 Å². The summed E-state index contributed by atoms with van der Waals surface area (Å²) < 4.78 is 1.45. The van der Waals surface area contributed by atoms with Crippen LogP contribution in [0.15, 0.2) is 54.9 Å². The van der Waals surface area contributed by atoms with Gasteiger partial charge in [-0.1, -0.05) is 47.5 Å². The molecule has 7 heteroatoms. The zero-order valence-corrected chi connectivity index (χ0v) is 17.1. The number of nitrogens with zero attached hydrogens (tertiary/aromatic N) is 4. The number of carbonyl (C=O) groups excluding carboxylic acids is 1. The van der Waals surface area contributed by atoms with Crippen molar-refractivity contribution in [2.75, 3.05) is 0 Å². The van der Waals surface area contributed by atoms with Crippen LogP contribution in [-0.2, 0) is 0 Å². The fraction of sp³-hybridized carbons (Fsp3) is 0.182. The third kappa shape index (κ3) is 3.84. The van der Waals surface area contributed by atoms with E-state index in [1.54, 1.807) is 18.2 Å². The highest BCUT2D eigenvalue weighted by molar-refractivity contribution is 6.30. The van der Waals surface area contributed by atoms with Gasteiger partial charge in [0.05, 0.1) is 11.7 Å². The monoisotopic (exact) mass is 405 g/mol. The number of aryl methyl sites for hydroxylation is 2. The number of halogens is 1. The van der Waals surface area contributed by atoms with Crippen LogP contribution >= 0.6 is 11.6 Å². The summed E-state index contributed by atoms with van der Waals surface area (Å²) in [4.78, 5) is 21.8. The minimum Gasteiger partial charge on any atom is -0.344 e. The SMILES string of the molecule is Cc1ccc([C@@H](C)NC(=O)c2cc(-c3ccc(Cl)cc3)nc3ncnn23)c(C)c1. The van der Waals surface area contributed by atoms with Gasteiger partial charge in [-0.2, -0.15) is 14.6 Å². The molecule has 6 nitrogen and oxygen atoms in total. The smallest absolute Gasteiger partial charge is 0.270 e. The maximum Gasteiger partial charge on any atom is 0.270 e. The third-order valence-corrected chi connectivity index (χ3v) is 5.12. The van der Waals surface area contributed by atoms with E-state index in [4.69, 9.17) is 11.6 Å². The molecule has 1 N–H and O–H groups in total. The Morgan fingerprint density at radius 1 is 1.10 bits per heavy atom. The van der Waals surface area contributed by atoms with E-state index >= 15 is 0 Å². The van der Waals surface area contributed by atoms with Crippen LogP contribution in [0.2, 0.25) is 5.02 Å². The average molecular weight is 406 g/mol. The lowest BCUT2D eigenvalue weighted by Gasteiger charge is -2.17. The maximum atomic E-state index is 13.1. The molecule has 0 saturated heterocycles. The number of carbonyl (C=O) groups is 1. The van der Waals surface area contributed by atoms with Crippen molar-refractivity contribution in [2.45, 2.75) is 26.8 Å². The van der Waals surface area contributed by atoms with E-state index < -0.39 is 0 Å². The molecule has 2 aromatic heterocycles. The second-order valence-electron chi connectivity index (χ2n) is 7.06. The lowest BCUT2D eigenvalue weighted by Crippen LogP contribution is -2.29. The lowest BCUT2D eigenvalue weighted by atomic mass is 10.00. The standard InChI is InChI=1S/C22H20ClN5O/c1-13-4-9-18(14(2)10-13)15(3)26-21(29)20-11-19(16-5-7-17(23)8-6-16)27-22-24-12-25-28(20)22/h4-12,15H,1-3H3,(H,26,29)/t15-/m1/s1. The summed E-state index contributed by atoms with van der Waals surface area (Å²) in [7, 11) is 0. The minimum atomic E-state index is -0.245. The minimum absolute atomic E-state index is 0.159. The van der Waals surface area contributed by atoms with Gasteiger partial charge in [-0.3, -0.25) is 4.79 Å². The maximum absolute atomic E-state index is 13.1. The molecular weight excluding hydrogens is 386 g/mol. The van der Waals surface area contributed by atoms with Crippen LogP contribution in [0.4, 0.5) is 0 Å². The van der Waals surface area contributed by atoms with Gasteiger partial charge in [0.15, 0.2) is 0 Å². The molecule has 1 amide bonds. The van der Waals surface area contributed by atoms with Crippen molar-refractivity contribution in [1.29, 1.82) is 0 Å². The highest BCUT2D eigenvalue weighted by Crippen LogP contribution is 2.23. The molecule has 0 bridgehead atoms. The Labute approximate surface area is 173 Å². The predicted molar refractivity (Wildman–Crippen MR) is 113 cm³/mol. The Morgan fingerprint density at radius 2 is 1.86 bits per heavy atom. The largest absolute Gasteiger partial charge is 0.344 e. The van der Waals surface area contributed by atoms with Crippen molar-refractivity contribution in [3.8, 4) is 11.3 Å². The molecule has 0 saturated carbocycles. The van der Waals surface area contributed by atoms with Crippen molar-refractivity contribution in [1.82, 2.24) is 24.9 Å². The Hall–Kier alpha value is -3.25. The normalized spacial score (nSPS) is 12.1. The molecule has 2 heterocycles. The zero-order valence-electron chi connectivity index (χ0n) is 16.3. The number of rotatable bonds is 4. The molecule has 146 valence electrons. The number of benzene rings is 2. The Kier molecular flexibility index (Phi) is 5.03. The molecular formula is C22H20ClN5O. The van der Waals surface area contributed by atoms with Crippen LogP contribution in [0.1, 0.15) is 40.1 Å². The molecule has 1 atom stereocenters. The van der Waals surface area contributed by atoms with Crippen molar-refractivity contribution in [3.05, 3.63) is 82.3 Å². The number of hydrogen-bond acceptors (Lipinski definition) is 4. The number of amides is 1. The first-order valence-corrected chi connectivity index (χ1v) is 9.65. The van der Waals surface area contributed by atoms with Crippen molar-refractivity contribution in [2.24, 2.45) is 0 Å². The number of nitrogens with one attached hydrogen (secondary N) is 1. The molecule has 0 radical (unpaired) electrons. The van der Waals surface area contributed by atoms with Gasteiger partial charge >= 0.3 is 0 Å². The van der Waals surface area contributed by atoms with E-state index in [2.05, 4.69) is 33.4 Å². The Balaban J connectivity index is 1.69. The quantitative estimate of drug-likeness (QED) is 0.540. The molecule has 0 unspecified atom stereocenters. The van der Waals surface area contributed by atoms with E-state index in [0.29, 0.717) is 22.2 Å². The predicted octanol–water partition coefficient (Wildman–Crippen LogP) is 4.55. The van der Waals surface area contributed by atoms with E-state index in [1.165, 1.54) is 16.4 Å².